The Labute approximate surface area is 184 Å². The SMILES string of the molecule is CC1=C(C=CC2=CCCC3(C)C2CCC3[C@H](C)C=C[C@H](C)C(C)C)C[C@@H](O)C[C@@H]1O. The van der Waals surface area contributed by atoms with E-state index in [2.05, 4.69) is 65.0 Å². The molecule has 0 heterocycles. The largest absolute Gasteiger partial charge is 0.393 e. The Morgan fingerprint density at radius 3 is 2.50 bits per heavy atom. The normalized spacial score (nSPS) is 37.2. The van der Waals surface area contributed by atoms with E-state index in [1.807, 2.05) is 6.92 Å². The van der Waals surface area contributed by atoms with Gasteiger partial charge < -0.3 is 10.2 Å². The monoisotopic (exact) mass is 412 g/mol. The molecule has 1 saturated carbocycles. The van der Waals surface area contributed by atoms with Crippen molar-refractivity contribution in [1.29, 1.82) is 0 Å². The topological polar surface area (TPSA) is 40.5 Å². The molecule has 2 N–H and O–H groups in total. The molecule has 0 spiro atoms. The zero-order chi connectivity index (χ0) is 22.1. The molecule has 7 atom stereocenters. The fraction of sp³-hybridized carbons (Fsp3) is 0.714. The third kappa shape index (κ3) is 4.86. The average molecular weight is 413 g/mol. The first-order valence-electron chi connectivity index (χ1n) is 12.3. The Balaban J connectivity index is 1.74. The minimum absolute atomic E-state index is 0.369. The summed E-state index contributed by atoms with van der Waals surface area (Å²) in [6, 6.07) is 0. The van der Waals surface area contributed by atoms with Gasteiger partial charge in [-0.05, 0) is 90.8 Å². The maximum Gasteiger partial charge on any atom is 0.0777 e. The van der Waals surface area contributed by atoms with Crippen LogP contribution >= 0.6 is 0 Å². The van der Waals surface area contributed by atoms with Gasteiger partial charge in [0.15, 0.2) is 0 Å². The molecule has 0 aromatic rings. The molecular formula is C28H44O2. The van der Waals surface area contributed by atoms with Crippen LogP contribution in [0.4, 0.5) is 0 Å². The van der Waals surface area contributed by atoms with E-state index in [4.69, 9.17) is 0 Å². The average Bonchev–Trinajstić information content (AvgIpc) is 3.04. The lowest BCUT2D eigenvalue weighted by Crippen LogP contribution is -2.34. The second-order valence-electron chi connectivity index (χ2n) is 11.0. The molecule has 30 heavy (non-hydrogen) atoms. The minimum Gasteiger partial charge on any atom is -0.393 e. The van der Waals surface area contributed by atoms with Gasteiger partial charge in [-0.1, -0.05) is 65.0 Å². The number of aliphatic hydroxyl groups excluding tert-OH is 2. The van der Waals surface area contributed by atoms with Crippen molar-refractivity contribution in [3.8, 4) is 0 Å². The third-order valence-corrected chi connectivity index (χ3v) is 8.71. The summed E-state index contributed by atoms with van der Waals surface area (Å²) in [6.45, 7) is 13.9. The quantitative estimate of drug-likeness (QED) is 0.482. The Morgan fingerprint density at radius 2 is 1.80 bits per heavy atom. The third-order valence-electron chi connectivity index (χ3n) is 8.71. The molecule has 0 amide bonds. The molecular weight excluding hydrogens is 368 g/mol. The van der Waals surface area contributed by atoms with Crippen LogP contribution in [0.25, 0.3) is 0 Å². The molecule has 0 aromatic heterocycles. The standard InChI is InChI=1S/C28H44O2/c1-18(2)19(3)9-10-20(4)25-13-14-26-22(8-7-15-28(25,26)6)11-12-23-16-24(29)17-27(30)21(23)5/h8-12,18-20,24-27,29-30H,7,13-17H2,1-6H3/t19-,20+,24+,25?,26?,27-,28?/m0/s1. The Morgan fingerprint density at radius 1 is 1.07 bits per heavy atom. The molecule has 3 rings (SSSR count). The van der Waals surface area contributed by atoms with Crippen LogP contribution in [0.3, 0.4) is 0 Å². The highest BCUT2D eigenvalue weighted by Gasteiger charge is 2.49. The van der Waals surface area contributed by atoms with Gasteiger partial charge in [0, 0.05) is 6.42 Å². The van der Waals surface area contributed by atoms with Crippen LogP contribution < -0.4 is 0 Å². The summed E-state index contributed by atoms with van der Waals surface area (Å²) in [5.41, 5.74) is 3.99. The summed E-state index contributed by atoms with van der Waals surface area (Å²) in [5.74, 6) is 3.34. The maximum absolute atomic E-state index is 10.2. The fourth-order valence-corrected chi connectivity index (χ4v) is 6.16. The van der Waals surface area contributed by atoms with Crippen LogP contribution in [0, 0.1) is 35.0 Å². The van der Waals surface area contributed by atoms with Crippen LogP contribution in [0.1, 0.15) is 80.1 Å². The number of fused-ring (bicyclic) bond motifs is 1. The van der Waals surface area contributed by atoms with Gasteiger partial charge in [-0.3, -0.25) is 0 Å². The van der Waals surface area contributed by atoms with Crippen molar-refractivity contribution < 1.29 is 10.2 Å². The van der Waals surface area contributed by atoms with Gasteiger partial charge in [0.1, 0.15) is 0 Å². The van der Waals surface area contributed by atoms with Crippen molar-refractivity contribution in [3.63, 3.8) is 0 Å². The summed E-state index contributed by atoms with van der Waals surface area (Å²) < 4.78 is 0. The first kappa shape index (κ1) is 23.5. The molecule has 0 aromatic carbocycles. The van der Waals surface area contributed by atoms with Crippen molar-refractivity contribution in [2.24, 2.45) is 35.0 Å². The van der Waals surface area contributed by atoms with Gasteiger partial charge in [0.25, 0.3) is 0 Å². The number of rotatable bonds is 6. The van der Waals surface area contributed by atoms with Crippen LogP contribution in [0.2, 0.25) is 0 Å². The van der Waals surface area contributed by atoms with E-state index >= 15 is 0 Å². The number of allylic oxidation sites excluding steroid dienone is 6. The number of hydrogen-bond donors (Lipinski definition) is 2. The summed E-state index contributed by atoms with van der Waals surface area (Å²) in [5, 5.41) is 20.3. The van der Waals surface area contributed by atoms with E-state index in [0.717, 1.165) is 23.5 Å². The molecule has 3 aliphatic rings. The van der Waals surface area contributed by atoms with Gasteiger partial charge in [0.05, 0.1) is 12.2 Å². The predicted molar refractivity (Wildman–Crippen MR) is 127 cm³/mol. The van der Waals surface area contributed by atoms with E-state index in [9.17, 15) is 10.2 Å². The molecule has 1 fully saturated rings. The van der Waals surface area contributed by atoms with E-state index in [0.29, 0.717) is 41.9 Å². The van der Waals surface area contributed by atoms with E-state index in [1.165, 1.54) is 24.8 Å². The van der Waals surface area contributed by atoms with E-state index in [-0.39, 0.29) is 0 Å². The molecule has 3 unspecified atom stereocenters. The lowest BCUT2D eigenvalue weighted by atomic mass is 9.62. The number of aliphatic hydroxyl groups is 2. The first-order valence-corrected chi connectivity index (χ1v) is 12.3. The van der Waals surface area contributed by atoms with Gasteiger partial charge in [-0.2, -0.15) is 0 Å². The van der Waals surface area contributed by atoms with Crippen molar-refractivity contribution in [3.05, 3.63) is 47.1 Å². The van der Waals surface area contributed by atoms with Gasteiger partial charge in [-0.25, -0.2) is 0 Å². The Hall–Kier alpha value is -1.12. The molecule has 2 heteroatoms. The van der Waals surface area contributed by atoms with Gasteiger partial charge in [-0.15, -0.1) is 0 Å². The molecule has 0 radical (unpaired) electrons. The molecule has 0 bridgehead atoms. The lowest BCUT2D eigenvalue weighted by Gasteiger charge is -2.42. The van der Waals surface area contributed by atoms with Crippen LogP contribution in [-0.4, -0.2) is 22.4 Å². The van der Waals surface area contributed by atoms with Crippen LogP contribution in [0.15, 0.2) is 47.1 Å². The molecule has 168 valence electrons. The smallest absolute Gasteiger partial charge is 0.0777 e. The summed E-state index contributed by atoms with van der Waals surface area (Å²) in [7, 11) is 0. The molecule has 2 nitrogen and oxygen atoms in total. The second-order valence-corrected chi connectivity index (χ2v) is 11.0. The first-order chi connectivity index (χ1) is 14.1. The molecule has 3 aliphatic carbocycles. The van der Waals surface area contributed by atoms with Gasteiger partial charge >= 0.3 is 0 Å². The van der Waals surface area contributed by atoms with Crippen molar-refractivity contribution in [2.75, 3.05) is 0 Å². The Bertz CT molecular complexity index is 725. The van der Waals surface area contributed by atoms with Crippen molar-refractivity contribution >= 4 is 0 Å². The van der Waals surface area contributed by atoms with Crippen LogP contribution in [0.5, 0.6) is 0 Å². The lowest BCUT2D eigenvalue weighted by molar-refractivity contribution is 0.0879. The van der Waals surface area contributed by atoms with Crippen molar-refractivity contribution in [2.45, 2.75) is 92.3 Å². The highest BCUT2D eigenvalue weighted by atomic mass is 16.3. The molecule has 0 saturated heterocycles. The van der Waals surface area contributed by atoms with Gasteiger partial charge in [0.2, 0.25) is 0 Å². The minimum atomic E-state index is -0.504. The second kappa shape index (κ2) is 9.57. The number of hydrogen-bond acceptors (Lipinski definition) is 2. The summed E-state index contributed by atoms with van der Waals surface area (Å²) in [6.07, 6.45) is 17.1. The van der Waals surface area contributed by atoms with E-state index < -0.39 is 12.2 Å². The maximum atomic E-state index is 10.2. The molecule has 0 aliphatic heterocycles. The predicted octanol–water partition coefficient (Wildman–Crippen LogP) is 6.61. The highest BCUT2D eigenvalue weighted by Crippen LogP contribution is 2.58. The zero-order valence-corrected chi connectivity index (χ0v) is 20.1. The Kier molecular flexibility index (Phi) is 7.51. The summed E-state index contributed by atoms with van der Waals surface area (Å²) in [4.78, 5) is 0. The highest BCUT2D eigenvalue weighted by molar-refractivity contribution is 5.37. The van der Waals surface area contributed by atoms with E-state index in [1.54, 1.807) is 0 Å². The zero-order valence-electron chi connectivity index (χ0n) is 20.1. The fourth-order valence-electron chi connectivity index (χ4n) is 6.16. The summed E-state index contributed by atoms with van der Waals surface area (Å²) >= 11 is 0. The van der Waals surface area contributed by atoms with Crippen LogP contribution in [-0.2, 0) is 0 Å². The van der Waals surface area contributed by atoms with Crippen molar-refractivity contribution in [1.82, 2.24) is 0 Å².